The number of aryl methyl sites for hydroxylation is 1. The van der Waals surface area contributed by atoms with Crippen LogP contribution in [0, 0.1) is 18.6 Å². The van der Waals surface area contributed by atoms with Gasteiger partial charge in [0.25, 0.3) is 5.91 Å². The van der Waals surface area contributed by atoms with Gasteiger partial charge in [-0.15, -0.1) is 0 Å². The van der Waals surface area contributed by atoms with Gasteiger partial charge in [-0.05, 0) is 25.1 Å². The van der Waals surface area contributed by atoms with Gasteiger partial charge in [0, 0.05) is 18.7 Å². The smallest absolute Gasteiger partial charge is 0.316 e. The van der Waals surface area contributed by atoms with Crippen LogP contribution < -0.4 is 10.6 Å². The Labute approximate surface area is 158 Å². The highest BCUT2D eigenvalue weighted by Gasteiger charge is 2.18. The number of halogens is 2. The van der Waals surface area contributed by atoms with Crippen LogP contribution in [0.25, 0.3) is 11.4 Å². The summed E-state index contributed by atoms with van der Waals surface area (Å²) in [4.78, 5) is 27.9. The molecule has 0 unspecified atom stereocenters. The van der Waals surface area contributed by atoms with Crippen LogP contribution in [0.1, 0.15) is 26.6 Å². The van der Waals surface area contributed by atoms with Gasteiger partial charge in [0.2, 0.25) is 5.82 Å². The highest BCUT2D eigenvalue weighted by atomic mass is 19.1. The quantitative estimate of drug-likeness (QED) is 0.635. The van der Waals surface area contributed by atoms with Crippen LogP contribution in [0.5, 0.6) is 0 Å². The Morgan fingerprint density at radius 3 is 2.32 bits per heavy atom. The molecule has 0 saturated heterocycles. The Balaban J connectivity index is 1.52. The second kappa shape index (κ2) is 8.38. The molecular formula is C19H16F2N4O3. The molecule has 0 aliphatic carbocycles. The second-order valence-electron chi connectivity index (χ2n) is 5.90. The fraction of sp³-hybridized carbons (Fsp3) is 0.158. The van der Waals surface area contributed by atoms with Crippen molar-refractivity contribution in [3.05, 3.63) is 71.1 Å². The van der Waals surface area contributed by atoms with Crippen molar-refractivity contribution in [3.8, 4) is 11.4 Å². The number of benzene rings is 2. The van der Waals surface area contributed by atoms with Crippen molar-refractivity contribution >= 4 is 11.8 Å². The number of hydrogen-bond acceptors (Lipinski definition) is 5. The average molecular weight is 386 g/mol. The zero-order valence-corrected chi connectivity index (χ0v) is 14.8. The van der Waals surface area contributed by atoms with Crippen molar-refractivity contribution in [3.63, 3.8) is 0 Å². The average Bonchev–Trinajstić information content (AvgIpc) is 3.15. The molecule has 1 aromatic heterocycles. The van der Waals surface area contributed by atoms with E-state index in [-0.39, 0.29) is 24.8 Å². The molecule has 7 nitrogen and oxygen atoms in total. The predicted octanol–water partition coefficient (Wildman–Crippen LogP) is 2.48. The SMILES string of the molecule is Cc1cccc(-c2noc(C(=O)NCCNC(=O)c3c(F)cccc3F)n2)c1. The van der Waals surface area contributed by atoms with Crippen molar-refractivity contribution in [2.24, 2.45) is 0 Å². The van der Waals surface area contributed by atoms with E-state index in [0.29, 0.717) is 5.56 Å². The molecule has 144 valence electrons. The number of carbonyl (C=O) groups excluding carboxylic acids is 2. The zero-order valence-electron chi connectivity index (χ0n) is 14.8. The summed E-state index contributed by atoms with van der Waals surface area (Å²) < 4.78 is 32.0. The third kappa shape index (κ3) is 4.37. The molecule has 0 spiro atoms. The molecule has 1 heterocycles. The van der Waals surface area contributed by atoms with E-state index >= 15 is 0 Å². The Hall–Kier alpha value is -3.62. The first-order valence-corrected chi connectivity index (χ1v) is 8.37. The summed E-state index contributed by atoms with van der Waals surface area (Å²) in [6.45, 7) is 1.87. The maximum atomic E-state index is 13.5. The van der Waals surface area contributed by atoms with E-state index < -0.39 is 29.0 Å². The van der Waals surface area contributed by atoms with Gasteiger partial charge in [-0.1, -0.05) is 35.0 Å². The standard InChI is InChI=1S/C19H16F2N4O3/c1-11-4-2-5-12(10-11)16-24-19(28-25-16)18(27)23-9-8-22-17(26)15-13(20)6-3-7-14(15)21/h2-7,10H,8-9H2,1H3,(H,22,26)(H,23,27). The minimum absolute atomic E-state index is 0.00278. The van der Waals surface area contributed by atoms with Gasteiger partial charge in [-0.3, -0.25) is 9.59 Å². The molecule has 2 N–H and O–H groups in total. The van der Waals surface area contributed by atoms with E-state index in [9.17, 15) is 18.4 Å². The fourth-order valence-corrected chi connectivity index (χ4v) is 2.45. The van der Waals surface area contributed by atoms with Crippen molar-refractivity contribution < 1.29 is 22.9 Å². The summed E-state index contributed by atoms with van der Waals surface area (Å²) in [5.74, 6) is -3.42. The van der Waals surface area contributed by atoms with E-state index in [4.69, 9.17) is 4.52 Å². The summed E-state index contributed by atoms with van der Waals surface area (Å²) in [6, 6.07) is 10.5. The van der Waals surface area contributed by atoms with Crippen molar-refractivity contribution in [2.45, 2.75) is 6.92 Å². The molecule has 0 radical (unpaired) electrons. The van der Waals surface area contributed by atoms with Crippen LogP contribution in [0.15, 0.2) is 47.0 Å². The van der Waals surface area contributed by atoms with Gasteiger partial charge >= 0.3 is 11.8 Å². The molecule has 28 heavy (non-hydrogen) atoms. The first-order valence-electron chi connectivity index (χ1n) is 8.37. The topological polar surface area (TPSA) is 97.1 Å². The lowest BCUT2D eigenvalue weighted by Crippen LogP contribution is -2.35. The molecule has 2 amide bonds. The van der Waals surface area contributed by atoms with Gasteiger partial charge in [-0.25, -0.2) is 8.78 Å². The number of nitrogens with zero attached hydrogens (tertiary/aromatic N) is 2. The summed E-state index contributed by atoms with van der Waals surface area (Å²) >= 11 is 0. The molecule has 0 aliphatic rings. The van der Waals surface area contributed by atoms with Gasteiger partial charge in [-0.2, -0.15) is 4.98 Å². The highest BCUT2D eigenvalue weighted by Crippen LogP contribution is 2.16. The third-order valence-corrected chi connectivity index (χ3v) is 3.78. The molecule has 0 bridgehead atoms. The van der Waals surface area contributed by atoms with E-state index in [1.807, 2.05) is 25.1 Å². The van der Waals surface area contributed by atoms with Crippen LogP contribution in [0.4, 0.5) is 8.78 Å². The van der Waals surface area contributed by atoms with Crippen LogP contribution in [0.3, 0.4) is 0 Å². The van der Waals surface area contributed by atoms with Crippen LogP contribution >= 0.6 is 0 Å². The molecule has 3 rings (SSSR count). The third-order valence-electron chi connectivity index (χ3n) is 3.78. The second-order valence-corrected chi connectivity index (χ2v) is 5.90. The lowest BCUT2D eigenvalue weighted by molar-refractivity contribution is 0.0896. The van der Waals surface area contributed by atoms with E-state index in [1.165, 1.54) is 0 Å². The van der Waals surface area contributed by atoms with E-state index in [0.717, 1.165) is 23.8 Å². The molecule has 0 fully saturated rings. The first kappa shape index (κ1) is 19.2. The highest BCUT2D eigenvalue weighted by molar-refractivity contribution is 5.94. The van der Waals surface area contributed by atoms with Gasteiger partial charge in [0.1, 0.15) is 17.2 Å². The van der Waals surface area contributed by atoms with Crippen molar-refractivity contribution in [1.82, 2.24) is 20.8 Å². The predicted molar refractivity (Wildman–Crippen MR) is 95.5 cm³/mol. The lowest BCUT2D eigenvalue weighted by Gasteiger charge is -2.07. The minimum Gasteiger partial charge on any atom is -0.350 e. The molecular weight excluding hydrogens is 370 g/mol. The summed E-state index contributed by atoms with van der Waals surface area (Å²) in [5.41, 5.74) is 1.05. The van der Waals surface area contributed by atoms with Gasteiger partial charge < -0.3 is 15.2 Å². The summed E-state index contributed by atoms with van der Waals surface area (Å²) in [7, 11) is 0. The molecule has 2 aromatic carbocycles. The van der Waals surface area contributed by atoms with Gasteiger partial charge in [0.05, 0.1) is 0 Å². The van der Waals surface area contributed by atoms with Gasteiger partial charge in [0.15, 0.2) is 0 Å². The largest absolute Gasteiger partial charge is 0.350 e. The molecule has 3 aromatic rings. The summed E-state index contributed by atoms with van der Waals surface area (Å²) in [5, 5.41) is 8.56. The number of rotatable bonds is 6. The van der Waals surface area contributed by atoms with Crippen LogP contribution in [0.2, 0.25) is 0 Å². The normalized spacial score (nSPS) is 10.5. The molecule has 0 saturated carbocycles. The first-order chi connectivity index (χ1) is 13.5. The van der Waals surface area contributed by atoms with Crippen LogP contribution in [-0.4, -0.2) is 35.0 Å². The molecule has 9 heteroatoms. The van der Waals surface area contributed by atoms with E-state index in [2.05, 4.69) is 20.8 Å². The summed E-state index contributed by atoms with van der Waals surface area (Å²) in [6.07, 6.45) is 0. The Bertz CT molecular complexity index is 1000. The maximum absolute atomic E-state index is 13.5. The van der Waals surface area contributed by atoms with Crippen molar-refractivity contribution in [1.29, 1.82) is 0 Å². The molecule has 0 aliphatic heterocycles. The van der Waals surface area contributed by atoms with E-state index in [1.54, 1.807) is 6.07 Å². The lowest BCUT2D eigenvalue weighted by atomic mass is 10.1. The minimum atomic E-state index is -0.962. The number of nitrogens with one attached hydrogen (secondary N) is 2. The molecule has 0 atom stereocenters. The Morgan fingerprint density at radius 1 is 1.00 bits per heavy atom. The Kier molecular flexibility index (Phi) is 5.73. The Morgan fingerprint density at radius 2 is 1.64 bits per heavy atom. The maximum Gasteiger partial charge on any atom is 0.316 e. The zero-order chi connectivity index (χ0) is 20.1. The van der Waals surface area contributed by atoms with Crippen molar-refractivity contribution in [2.75, 3.05) is 13.1 Å². The fourth-order valence-electron chi connectivity index (χ4n) is 2.45. The number of amides is 2. The van der Waals surface area contributed by atoms with Crippen LogP contribution in [-0.2, 0) is 0 Å². The monoisotopic (exact) mass is 386 g/mol. The number of aromatic nitrogens is 2. The number of hydrogen-bond donors (Lipinski definition) is 2. The number of carbonyl (C=O) groups is 2.